The van der Waals surface area contributed by atoms with E-state index in [0.717, 1.165) is 54.0 Å². The maximum atomic E-state index is 13.0. The van der Waals surface area contributed by atoms with Gasteiger partial charge in [0.15, 0.2) is 5.78 Å². The summed E-state index contributed by atoms with van der Waals surface area (Å²) in [5.74, 6) is 1.45. The van der Waals surface area contributed by atoms with E-state index in [2.05, 4.69) is 34.1 Å². The van der Waals surface area contributed by atoms with Crippen molar-refractivity contribution in [2.45, 2.75) is 25.8 Å². The van der Waals surface area contributed by atoms with Crippen LogP contribution in [0.2, 0.25) is 0 Å². The summed E-state index contributed by atoms with van der Waals surface area (Å²) in [5, 5.41) is 2.03. The SMILES string of the molecule is COc1ncccc1CN1CCC(CC(=O)c2sccc2-c2ccccc2)CC1. The highest BCUT2D eigenvalue weighted by Gasteiger charge is 2.24. The zero-order chi connectivity index (χ0) is 20.1. The van der Waals surface area contributed by atoms with Gasteiger partial charge in [-0.15, -0.1) is 11.3 Å². The highest BCUT2D eigenvalue weighted by molar-refractivity contribution is 7.12. The highest BCUT2D eigenvalue weighted by atomic mass is 32.1. The molecule has 0 spiro atoms. The molecule has 5 heteroatoms. The normalized spacial score (nSPS) is 15.3. The van der Waals surface area contributed by atoms with Crippen molar-refractivity contribution >= 4 is 17.1 Å². The molecule has 4 rings (SSSR count). The molecule has 1 aromatic carbocycles. The molecule has 1 fully saturated rings. The Bertz CT molecular complexity index is 946. The maximum Gasteiger partial charge on any atom is 0.217 e. The van der Waals surface area contributed by atoms with Gasteiger partial charge in [0.2, 0.25) is 5.88 Å². The van der Waals surface area contributed by atoms with Crippen molar-refractivity contribution in [3.05, 3.63) is 70.5 Å². The second-order valence-corrected chi connectivity index (χ2v) is 8.46. The topological polar surface area (TPSA) is 42.4 Å². The van der Waals surface area contributed by atoms with Gasteiger partial charge in [0, 0.05) is 30.3 Å². The second kappa shape index (κ2) is 9.33. The molecule has 0 atom stereocenters. The molecule has 0 radical (unpaired) electrons. The number of Topliss-reactive ketones (excluding diaryl/α,β-unsaturated/α-hetero) is 1. The van der Waals surface area contributed by atoms with Gasteiger partial charge in [-0.3, -0.25) is 9.69 Å². The van der Waals surface area contributed by atoms with E-state index >= 15 is 0 Å². The van der Waals surface area contributed by atoms with Crippen molar-refractivity contribution < 1.29 is 9.53 Å². The predicted octanol–water partition coefficient (Wildman–Crippen LogP) is 5.30. The number of aromatic nitrogens is 1. The molecular weight excluding hydrogens is 380 g/mol. The van der Waals surface area contributed by atoms with E-state index in [1.165, 1.54) is 0 Å². The Hall–Kier alpha value is -2.50. The summed E-state index contributed by atoms with van der Waals surface area (Å²) in [6, 6.07) is 16.3. The average molecular weight is 407 g/mol. The number of nitrogens with zero attached hydrogens (tertiary/aromatic N) is 2. The Balaban J connectivity index is 1.34. The lowest BCUT2D eigenvalue weighted by Crippen LogP contribution is -2.34. The van der Waals surface area contributed by atoms with E-state index in [1.54, 1.807) is 24.6 Å². The lowest BCUT2D eigenvalue weighted by Gasteiger charge is -2.31. The van der Waals surface area contributed by atoms with Crippen LogP contribution < -0.4 is 4.74 Å². The summed E-state index contributed by atoms with van der Waals surface area (Å²) >= 11 is 1.57. The molecule has 1 aliphatic rings. The third-order valence-corrected chi connectivity index (χ3v) is 6.58. The molecule has 1 saturated heterocycles. The van der Waals surface area contributed by atoms with Gasteiger partial charge >= 0.3 is 0 Å². The van der Waals surface area contributed by atoms with Crippen molar-refractivity contribution in [2.75, 3.05) is 20.2 Å². The lowest BCUT2D eigenvalue weighted by molar-refractivity contribution is 0.0929. The van der Waals surface area contributed by atoms with Gasteiger partial charge in [-0.2, -0.15) is 0 Å². The molecule has 29 heavy (non-hydrogen) atoms. The molecule has 0 unspecified atom stereocenters. The molecular formula is C24H26N2O2S. The monoisotopic (exact) mass is 406 g/mol. The summed E-state index contributed by atoms with van der Waals surface area (Å²) < 4.78 is 5.37. The minimum absolute atomic E-state index is 0.284. The third-order valence-electron chi connectivity index (χ3n) is 5.62. The molecule has 0 saturated carbocycles. The summed E-state index contributed by atoms with van der Waals surface area (Å²) in [5.41, 5.74) is 3.31. The number of thiophene rings is 1. The summed E-state index contributed by atoms with van der Waals surface area (Å²) in [6.07, 6.45) is 4.51. The van der Waals surface area contributed by atoms with Gasteiger partial charge < -0.3 is 4.74 Å². The van der Waals surface area contributed by atoms with E-state index in [0.29, 0.717) is 18.2 Å². The highest BCUT2D eigenvalue weighted by Crippen LogP contribution is 2.32. The van der Waals surface area contributed by atoms with Gasteiger partial charge in [0.1, 0.15) is 0 Å². The van der Waals surface area contributed by atoms with Gasteiger partial charge in [-0.1, -0.05) is 36.4 Å². The van der Waals surface area contributed by atoms with Crippen molar-refractivity contribution in [1.82, 2.24) is 9.88 Å². The molecule has 3 heterocycles. The fourth-order valence-corrected chi connectivity index (χ4v) is 4.91. The van der Waals surface area contributed by atoms with Crippen LogP contribution in [-0.4, -0.2) is 35.9 Å². The quantitative estimate of drug-likeness (QED) is 0.499. The molecule has 2 aromatic heterocycles. The Morgan fingerprint density at radius 2 is 1.93 bits per heavy atom. The Kier molecular flexibility index (Phi) is 6.37. The van der Waals surface area contributed by atoms with Crippen LogP contribution in [0, 0.1) is 5.92 Å². The van der Waals surface area contributed by atoms with Crippen molar-refractivity contribution in [1.29, 1.82) is 0 Å². The Morgan fingerprint density at radius 3 is 2.69 bits per heavy atom. The molecule has 0 amide bonds. The lowest BCUT2D eigenvalue weighted by atomic mass is 9.90. The van der Waals surface area contributed by atoms with E-state index in [4.69, 9.17) is 4.74 Å². The van der Waals surface area contributed by atoms with E-state index in [9.17, 15) is 4.79 Å². The van der Waals surface area contributed by atoms with E-state index in [-0.39, 0.29) is 5.78 Å². The first kappa shape index (κ1) is 19.8. The smallest absolute Gasteiger partial charge is 0.217 e. The minimum Gasteiger partial charge on any atom is -0.481 e. The van der Waals surface area contributed by atoms with Crippen molar-refractivity contribution in [3.8, 4) is 17.0 Å². The fourth-order valence-electron chi connectivity index (χ4n) is 4.04. The molecule has 0 aliphatic carbocycles. The van der Waals surface area contributed by atoms with Crippen LogP contribution in [0.25, 0.3) is 11.1 Å². The fraction of sp³-hybridized carbons (Fsp3) is 0.333. The predicted molar refractivity (Wildman–Crippen MR) is 117 cm³/mol. The molecule has 0 bridgehead atoms. The van der Waals surface area contributed by atoms with Gasteiger partial charge in [-0.25, -0.2) is 4.98 Å². The molecule has 150 valence electrons. The first-order valence-electron chi connectivity index (χ1n) is 10.1. The van der Waals surface area contributed by atoms with Crippen LogP contribution in [0.1, 0.15) is 34.5 Å². The largest absolute Gasteiger partial charge is 0.481 e. The Morgan fingerprint density at radius 1 is 1.14 bits per heavy atom. The van der Waals surface area contributed by atoms with E-state index < -0.39 is 0 Å². The number of methoxy groups -OCH3 is 1. The number of rotatable bonds is 7. The van der Waals surface area contributed by atoms with Crippen molar-refractivity contribution in [2.24, 2.45) is 5.92 Å². The average Bonchev–Trinajstić information content (AvgIpc) is 3.26. The minimum atomic E-state index is 0.284. The van der Waals surface area contributed by atoms with Gasteiger partial charge in [-0.05, 0) is 54.9 Å². The second-order valence-electron chi connectivity index (χ2n) is 7.55. The summed E-state index contributed by atoms with van der Waals surface area (Å²) in [7, 11) is 1.66. The standard InChI is InChI=1S/C24H26N2O2S/c1-28-24-20(8-5-12-25-24)17-26-13-9-18(10-14-26)16-22(27)23-21(11-15-29-23)19-6-3-2-4-7-19/h2-8,11-12,15,18H,9-10,13-14,16-17H2,1H3. The van der Waals surface area contributed by atoms with Crippen LogP contribution in [-0.2, 0) is 6.54 Å². The number of ketones is 1. The number of pyridine rings is 1. The number of likely N-dealkylation sites (tertiary alicyclic amines) is 1. The summed E-state index contributed by atoms with van der Waals surface area (Å²) in [6.45, 7) is 2.86. The van der Waals surface area contributed by atoms with Crippen LogP contribution >= 0.6 is 11.3 Å². The van der Waals surface area contributed by atoms with Crippen LogP contribution in [0.4, 0.5) is 0 Å². The molecule has 0 N–H and O–H groups in total. The van der Waals surface area contributed by atoms with Gasteiger partial charge in [0.25, 0.3) is 0 Å². The zero-order valence-corrected chi connectivity index (χ0v) is 17.5. The first-order valence-corrected chi connectivity index (χ1v) is 11.0. The van der Waals surface area contributed by atoms with E-state index in [1.807, 2.05) is 29.6 Å². The number of benzene rings is 1. The number of hydrogen-bond acceptors (Lipinski definition) is 5. The summed E-state index contributed by atoms with van der Waals surface area (Å²) in [4.78, 5) is 20.6. The first-order chi connectivity index (χ1) is 14.2. The van der Waals surface area contributed by atoms with Crippen LogP contribution in [0.3, 0.4) is 0 Å². The zero-order valence-electron chi connectivity index (χ0n) is 16.7. The number of hydrogen-bond donors (Lipinski definition) is 0. The van der Waals surface area contributed by atoms with Crippen LogP contribution in [0.15, 0.2) is 60.1 Å². The van der Waals surface area contributed by atoms with Crippen LogP contribution in [0.5, 0.6) is 5.88 Å². The Labute approximate surface area is 176 Å². The van der Waals surface area contributed by atoms with Crippen molar-refractivity contribution in [3.63, 3.8) is 0 Å². The number of carbonyl (C=O) groups excluding carboxylic acids is 1. The van der Waals surface area contributed by atoms with Gasteiger partial charge in [0.05, 0.1) is 12.0 Å². The number of carbonyl (C=O) groups is 1. The number of ether oxygens (including phenoxy) is 1. The third kappa shape index (κ3) is 4.74. The molecule has 4 nitrogen and oxygen atoms in total. The molecule has 1 aliphatic heterocycles. The number of piperidine rings is 1. The molecule has 3 aromatic rings. The maximum absolute atomic E-state index is 13.0.